The molecule has 1 fully saturated rings. The van der Waals surface area contributed by atoms with E-state index in [0.717, 1.165) is 13.1 Å². The summed E-state index contributed by atoms with van der Waals surface area (Å²) in [6.45, 7) is 3.93. The van der Waals surface area contributed by atoms with Crippen LogP contribution in [0.25, 0.3) is 0 Å². The number of nitrogens with two attached hydrogens (primary N) is 1. The first-order valence-electron chi connectivity index (χ1n) is 7.13. The molecule has 0 aliphatic heterocycles. The molecule has 18 heavy (non-hydrogen) atoms. The van der Waals surface area contributed by atoms with Crippen LogP contribution in [0.1, 0.15) is 43.2 Å². The minimum atomic E-state index is 0.239. The Hall–Kier alpha value is -0.860. The molecule has 0 spiro atoms. The van der Waals surface area contributed by atoms with Crippen molar-refractivity contribution < 1.29 is 0 Å². The standard InChI is InChI=1S/C16H26N2/c1-14-6-8-15(9-7-14)12-18(2)16(13-17)10-4-3-5-11-16/h6-9H,3-5,10-13,17H2,1-2H3. The van der Waals surface area contributed by atoms with Crippen LogP contribution in [0.2, 0.25) is 0 Å². The van der Waals surface area contributed by atoms with Gasteiger partial charge in [-0.15, -0.1) is 0 Å². The first-order valence-corrected chi connectivity index (χ1v) is 7.13. The van der Waals surface area contributed by atoms with Crippen molar-refractivity contribution in [3.8, 4) is 0 Å². The number of aryl methyl sites for hydroxylation is 1. The summed E-state index contributed by atoms with van der Waals surface area (Å²) >= 11 is 0. The fourth-order valence-corrected chi connectivity index (χ4v) is 3.09. The van der Waals surface area contributed by atoms with Gasteiger partial charge >= 0.3 is 0 Å². The maximum absolute atomic E-state index is 6.08. The molecule has 0 saturated heterocycles. The largest absolute Gasteiger partial charge is 0.329 e. The zero-order chi connectivity index (χ0) is 13.0. The van der Waals surface area contributed by atoms with E-state index in [1.165, 1.54) is 43.2 Å². The van der Waals surface area contributed by atoms with Gasteiger partial charge in [0.05, 0.1) is 0 Å². The van der Waals surface area contributed by atoms with Crippen molar-refractivity contribution in [1.82, 2.24) is 4.90 Å². The first-order chi connectivity index (χ1) is 8.66. The topological polar surface area (TPSA) is 29.3 Å². The monoisotopic (exact) mass is 246 g/mol. The second kappa shape index (κ2) is 5.85. The van der Waals surface area contributed by atoms with E-state index in [2.05, 4.69) is 43.1 Å². The number of rotatable bonds is 4. The minimum absolute atomic E-state index is 0.239. The van der Waals surface area contributed by atoms with Gasteiger partial charge in [-0.2, -0.15) is 0 Å². The van der Waals surface area contributed by atoms with E-state index in [4.69, 9.17) is 5.73 Å². The van der Waals surface area contributed by atoms with Gasteiger partial charge < -0.3 is 5.73 Å². The molecule has 0 aromatic heterocycles. The molecule has 2 nitrogen and oxygen atoms in total. The SMILES string of the molecule is Cc1ccc(CN(C)C2(CN)CCCCC2)cc1. The Kier molecular flexibility index (Phi) is 4.41. The van der Waals surface area contributed by atoms with E-state index in [1.807, 2.05) is 0 Å². The van der Waals surface area contributed by atoms with Crippen LogP contribution in [0, 0.1) is 6.92 Å². The van der Waals surface area contributed by atoms with Crippen LogP contribution < -0.4 is 5.73 Å². The van der Waals surface area contributed by atoms with Gasteiger partial charge in [0.15, 0.2) is 0 Å². The maximum Gasteiger partial charge on any atom is 0.0332 e. The lowest BCUT2D eigenvalue weighted by Gasteiger charge is -2.44. The smallest absolute Gasteiger partial charge is 0.0332 e. The molecule has 0 radical (unpaired) electrons. The van der Waals surface area contributed by atoms with Crippen molar-refractivity contribution in [2.24, 2.45) is 5.73 Å². The summed E-state index contributed by atoms with van der Waals surface area (Å²) in [6.07, 6.45) is 6.54. The summed E-state index contributed by atoms with van der Waals surface area (Å²) in [5, 5.41) is 0. The molecule has 1 aromatic rings. The van der Waals surface area contributed by atoms with Crippen molar-refractivity contribution in [2.75, 3.05) is 13.6 Å². The highest BCUT2D eigenvalue weighted by Crippen LogP contribution is 2.32. The van der Waals surface area contributed by atoms with Gasteiger partial charge in [-0.3, -0.25) is 4.90 Å². The molecule has 0 atom stereocenters. The number of benzene rings is 1. The molecule has 0 amide bonds. The maximum atomic E-state index is 6.08. The summed E-state index contributed by atoms with van der Waals surface area (Å²) in [5.74, 6) is 0. The van der Waals surface area contributed by atoms with E-state index in [-0.39, 0.29) is 5.54 Å². The molecule has 0 bridgehead atoms. The van der Waals surface area contributed by atoms with Crippen molar-refractivity contribution in [3.63, 3.8) is 0 Å². The molecular weight excluding hydrogens is 220 g/mol. The van der Waals surface area contributed by atoms with E-state index in [1.54, 1.807) is 0 Å². The van der Waals surface area contributed by atoms with Gasteiger partial charge in [-0.05, 0) is 32.4 Å². The summed E-state index contributed by atoms with van der Waals surface area (Å²) in [4.78, 5) is 2.48. The number of nitrogens with zero attached hydrogens (tertiary/aromatic N) is 1. The number of hydrogen-bond acceptors (Lipinski definition) is 2. The van der Waals surface area contributed by atoms with Gasteiger partial charge in [0.25, 0.3) is 0 Å². The molecule has 1 aliphatic rings. The Labute approximate surface area is 111 Å². The lowest BCUT2D eigenvalue weighted by atomic mass is 9.80. The third kappa shape index (κ3) is 2.93. The Bertz CT molecular complexity index is 363. The summed E-state index contributed by atoms with van der Waals surface area (Å²) in [6, 6.07) is 8.86. The fourth-order valence-electron chi connectivity index (χ4n) is 3.09. The average molecular weight is 246 g/mol. The van der Waals surface area contributed by atoms with Crippen molar-refractivity contribution in [1.29, 1.82) is 0 Å². The third-order valence-corrected chi connectivity index (χ3v) is 4.51. The van der Waals surface area contributed by atoms with Gasteiger partial charge in [0.1, 0.15) is 0 Å². The van der Waals surface area contributed by atoms with Crippen LogP contribution in [0.4, 0.5) is 0 Å². The normalized spacial score (nSPS) is 19.1. The summed E-state index contributed by atoms with van der Waals surface area (Å²) in [5.41, 5.74) is 9.03. The van der Waals surface area contributed by atoms with Crippen LogP contribution in [0.15, 0.2) is 24.3 Å². The van der Waals surface area contributed by atoms with Crippen molar-refractivity contribution in [3.05, 3.63) is 35.4 Å². The van der Waals surface area contributed by atoms with E-state index in [0.29, 0.717) is 0 Å². The zero-order valence-electron chi connectivity index (χ0n) is 11.8. The highest BCUT2D eigenvalue weighted by molar-refractivity contribution is 5.21. The Morgan fingerprint density at radius 1 is 1.11 bits per heavy atom. The van der Waals surface area contributed by atoms with E-state index < -0.39 is 0 Å². The van der Waals surface area contributed by atoms with Gasteiger partial charge in [0, 0.05) is 18.6 Å². The Morgan fingerprint density at radius 3 is 2.28 bits per heavy atom. The second-order valence-corrected chi connectivity index (χ2v) is 5.83. The summed E-state index contributed by atoms with van der Waals surface area (Å²) in [7, 11) is 2.23. The van der Waals surface area contributed by atoms with Gasteiger partial charge in [0.2, 0.25) is 0 Å². The molecule has 0 heterocycles. The van der Waals surface area contributed by atoms with E-state index in [9.17, 15) is 0 Å². The van der Waals surface area contributed by atoms with E-state index >= 15 is 0 Å². The minimum Gasteiger partial charge on any atom is -0.329 e. The van der Waals surface area contributed by atoms with Crippen molar-refractivity contribution >= 4 is 0 Å². The predicted molar refractivity (Wildman–Crippen MR) is 77.5 cm³/mol. The highest BCUT2D eigenvalue weighted by Gasteiger charge is 2.34. The van der Waals surface area contributed by atoms with Crippen LogP contribution >= 0.6 is 0 Å². The van der Waals surface area contributed by atoms with Crippen LogP contribution in [-0.4, -0.2) is 24.0 Å². The molecule has 2 N–H and O–H groups in total. The predicted octanol–water partition coefficient (Wildman–Crippen LogP) is 3.09. The van der Waals surface area contributed by atoms with Crippen LogP contribution in [-0.2, 0) is 6.54 Å². The number of hydrogen-bond donors (Lipinski definition) is 1. The fraction of sp³-hybridized carbons (Fsp3) is 0.625. The highest BCUT2D eigenvalue weighted by atomic mass is 15.2. The molecule has 2 rings (SSSR count). The second-order valence-electron chi connectivity index (χ2n) is 5.83. The van der Waals surface area contributed by atoms with Crippen LogP contribution in [0.3, 0.4) is 0 Å². The Morgan fingerprint density at radius 2 is 1.72 bits per heavy atom. The molecule has 1 aromatic carbocycles. The zero-order valence-corrected chi connectivity index (χ0v) is 11.8. The molecule has 2 heteroatoms. The third-order valence-electron chi connectivity index (χ3n) is 4.51. The Balaban J connectivity index is 2.05. The van der Waals surface area contributed by atoms with Gasteiger partial charge in [-0.1, -0.05) is 49.1 Å². The summed E-state index contributed by atoms with van der Waals surface area (Å²) < 4.78 is 0. The quantitative estimate of drug-likeness (QED) is 0.884. The van der Waals surface area contributed by atoms with Crippen LogP contribution in [0.5, 0.6) is 0 Å². The number of likely N-dealkylation sites (N-methyl/N-ethyl adjacent to an activating group) is 1. The lowest BCUT2D eigenvalue weighted by molar-refractivity contribution is 0.0758. The molecule has 1 saturated carbocycles. The first kappa shape index (κ1) is 13.6. The average Bonchev–Trinajstić information content (AvgIpc) is 2.42. The molecule has 1 aliphatic carbocycles. The lowest BCUT2D eigenvalue weighted by Crippen LogP contribution is -2.52. The van der Waals surface area contributed by atoms with Gasteiger partial charge in [-0.25, -0.2) is 0 Å². The molecule has 100 valence electrons. The molecular formula is C16H26N2. The molecule has 0 unspecified atom stereocenters. The van der Waals surface area contributed by atoms with Crippen molar-refractivity contribution in [2.45, 2.75) is 51.1 Å².